The standard InChI is InChI=1S/C18H14N4O5/c1-27-17-9-12(8-15(18(17)24)22(25)26)2-7-16(23)13-3-5-14(6-4-13)21-11-19-10-20-21/h2-11,24H,1H3/b7-2+. The number of carbonyl (C=O) groups excluding carboxylic acids is 1. The van der Waals surface area contributed by atoms with Gasteiger partial charge in [-0.1, -0.05) is 6.08 Å². The molecule has 0 bridgehead atoms. The molecular formula is C18H14N4O5. The summed E-state index contributed by atoms with van der Waals surface area (Å²) in [6.07, 6.45) is 5.66. The molecule has 0 unspecified atom stereocenters. The Hall–Kier alpha value is -4.01. The first-order valence-electron chi connectivity index (χ1n) is 7.72. The average molecular weight is 366 g/mol. The highest BCUT2D eigenvalue weighted by atomic mass is 16.6. The van der Waals surface area contributed by atoms with Crippen molar-refractivity contribution in [3.05, 3.63) is 76.4 Å². The number of hydrogen-bond donors (Lipinski definition) is 1. The van der Waals surface area contributed by atoms with Gasteiger partial charge in [0.2, 0.25) is 5.75 Å². The summed E-state index contributed by atoms with van der Waals surface area (Å²) < 4.78 is 6.49. The smallest absolute Gasteiger partial charge is 0.315 e. The van der Waals surface area contributed by atoms with E-state index in [1.54, 1.807) is 35.3 Å². The molecule has 0 saturated carbocycles. The number of nitro benzene ring substituents is 1. The van der Waals surface area contributed by atoms with Gasteiger partial charge in [0, 0.05) is 11.6 Å². The van der Waals surface area contributed by atoms with Crippen molar-refractivity contribution < 1.29 is 19.6 Å². The third-order valence-electron chi connectivity index (χ3n) is 3.76. The molecule has 0 saturated heterocycles. The lowest BCUT2D eigenvalue weighted by atomic mass is 10.1. The molecule has 1 aromatic heterocycles. The second kappa shape index (κ2) is 7.48. The van der Waals surface area contributed by atoms with Gasteiger partial charge in [-0.3, -0.25) is 14.9 Å². The summed E-state index contributed by atoms with van der Waals surface area (Å²) in [7, 11) is 1.29. The number of ketones is 1. The molecule has 0 radical (unpaired) electrons. The molecule has 0 spiro atoms. The van der Waals surface area contributed by atoms with Gasteiger partial charge in [-0.25, -0.2) is 9.67 Å². The summed E-state index contributed by atoms with van der Waals surface area (Å²) in [5, 5.41) is 24.8. The Morgan fingerprint density at radius 3 is 2.63 bits per heavy atom. The van der Waals surface area contributed by atoms with Crippen LogP contribution in [0.1, 0.15) is 15.9 Å². The first-order chi connectivity index (χ1) is 13.0. The van der Waals surface area contributed by atoms with Gasteiger partial charge in [0.25, 0.3) is 0 Å². The number of aromatic nitrogens is 3. The van der Waals surface area contributed by atoms with Crippen molar-refractivity contribution in [2.24, 2.45) is 0 Å². The number of carbonyl (C=O) groups is 1. The lowest BCUT2D eigenvalue weighted by molar-refractivity contribution is -0.386. The number of ether oxygens (including phenoxy) is 1. The van der Waals surface area contributed by atoms with Crippen LogP contribution < -0.4 is 4.74 Å². The van der Waals surface area contributed by atoms with Gasteiger partial charge in [0.15, 0.2) is 11.5 Å². The maximum absolute atomic E-state index is 12.3. The fourth-order valence-electron chi connectivity index (χ4n) is 2.39. The molecule has 3 rings (SSSR count). The van der Waals surface area contributed by atoms with Crippen LogP contribution in [0.2, 0.25) is 0 Å². The molecule has 9 nitrogen and oxygen atoms in total. The summed E-state index contributed by atoms with van der Waals surface area (Å²) in [4.78, 5) is 26.5. The molecule has 9 heteroatoms. The molecule has 0 aliphatic heterocycles. The minimum Gasteiger partial charge on any atom is -0.500 e. The number of hydrogen-bond acceptors (Lipinski definition) is 7. The molecular weight excluding hydrogens is 352 g/mol. The largest absolute Gasteiger partial charge is 0.500 e. The second-order valence-corrected chi connectivity index (χ2v) is 5.43. The summed E-state index contributed by atoms with van der Waals surface area (Å²) in [5.74, 6) is -0.891. The molecule has 0 amide bonds. The molecule has 0 fully saturated rings. The van der Waals surface area contributed by atoms with Crippen LogP contribution in [0.4, 0.5) is 5.69 Å². The number of methoxy groups -OCH3 is 1. The molecule has 2 aromatic carbocycles. The van der Waals surface area contributed by atoms with Crippen molar-refractivity contribution in [3.8, 4) is 17.2 Å². The first-order valence-corrected chi connectivity index (χ1v) is 7.72. The number of phenolic OH excluding ortho intramolecular Hbond substituents is 1. The highest BCUT2D eigenvalue weighted by molar-refractivity contribution is 6.07. The molecule has 0 atom stereocenters. The van der Waals surface area contributed by atoms with E-state index >= 15 is 0 Å². The number of nitrogens with zero attached hydrogens (tertiary/aromatic N) is 4. The van der Waals surface area contributed by atoms with E-state index in [0.29, 0.717) is 11.1 Å². The van der Waals surface area contributed by atoms with Gasteiger partial charge in [0.05, 0.1) is 17.7 Å². The topological polar surface area (TPSA) is 120 Å². The quantitative estimate of drug-likeness (QED) is 0.308. The lowest BCUT2D eigenvalue weighted by Crippen LogP contribution is -1.98. The first kappa shape index (κ1) is 17.8. The van der Waals surface area contributed by atoms with Crippen LogP contribution >= 0.6 is 0 Å². The van der Waals surface area contributed by atoms with Crippen LogP contribution in [0.5, 0.6) is 11.5 Å². The van der Waals surface area contributed by atoms with E-state index in [9.17, 15) is 20.0 Å². The van der Waals surface area contributed by atoms with Gasteiger partial charge < -0.3 is 9.84 Å². The van der Waals surface area contributed by atoms with Crippen LogP contribution in [0, 0.1) is 10.1 Å². The molecule has 136 valence electrons. The average Bonchev–Trinajstić information content (AvgIpc) is 3.21. The third kappa shape index (κ3) is 3.82. The maximum Gasteiger partial charge on any atom is 0.315 e. The maximum atomic E-state index is 12.3. The Labute approximate surface area is 153 Å². The van der Waals surface area contributed by atoms with E-state index in [1.165, 1.54) is 31.7 Å². The lowest BCUT2D eigenvalue weighted by Gasteiger charge is -2.05. The van der Waals surface area contributed by atoms with Crippen molar-refractivity contribution in [1.82, 2.24) is 14.8 Å². The Morgan fingerprint density at radius 2 is 2.04 bits per heavy atom. The fourth-order valence-corrected chi connectivity index (χ4v) is 2.39. The van der Waals surface area contributed by atoms with E-state index in [-0.39, 0.29) is 11.5 Å². The normalized spacial score (nSPS) is 10.9. The Bertz CT molecular complexity index is 1010. The molecule has 27 heavy (non-hydrogen) atoms. The number of phenols is 1. The minimum atomic E-state index is -0.722. The van der Waals surface area contributed by atoms with Crippen LogP contribution in [0.25, 0.3) is 11.8 Å². The van der Waals surface area contributed by atoms with Gasteiger partial charge in [-0.2, -0.15) is 5.10 Å². The second-order valence-electron chi connectivity index (χ2n) is 5.43. The molecule has 3 aromatic rings. The van der Waals surface area contributed by atoms with Crippen molar-refractivity contribution in [3.63, 3.8) is 0 Å². The zero-order valence-corrected chi connectivity index (χ0v) is 14.1. The number of benzene rings is 2. The molecule has 1 N–H and O–H groups in total. The van der Waals surface area contributed by atoms with Gasteiger partial charge in [-0.15, -0.1) is 0 Å². The predicted octanol–water partition coefficient (Wildman–Crippen LogP) is 2.79. The molecule has 1 heterocycles. The van der Waals surface area contributed by atoms with Crippen molar-refractivity contribution in [1.29, 1.82) is 0 Å². The van der Waals surface area contributed by atoms with Crippen LogP contribution in [0.15, 0.2) is 55.1 Å². The Balaban J connectivity index is 1.82. The number of allylic oxidation sites excluding steroid dienone is 1. The monoisotopic (exact) mass is 366 g/mol. The van der Waals surface area contributed by atoms with E-state index in [0.717, 1.165) is 11.8 Å². The molecule has 0 aliphatic carbocycles. The number of rotatable bonds is 6. The van der Waals surface area contributed by atoms with Crippen molar-refractivity contribution in [2.45, 2.75) is 0 Å². The zero-order valence-electron chi connectivity index (χ0n) is 14.1. The van der Waals surface area contributed by atoms with Crippen LogP contribution in [0.3, 0.4) is 0 Å². The van der Waals surface area contributed by atoms with Crippen LogP contribution in [-0.4, -0.2) is 37.7 Å². The highest BCUT2D eigenvalue weighted by Crippen LogP contribution is 2.37. The molecule has 0 aliphatic rings. The SMILES string of the molecule is COc1cc(/C=C/C(=O)c2ccc(-n3cncn3)cc2)cc([N+](=O)[O-])c1O. The Kier molecular flexibility index (Phi) is 4.93. The summed E-state index contributed by atoms with van der Waals surface area (Å²) in [6, 6.07) is 9.30. The number of aromatic hydroxyl groups is 1. The third-order valence-corrected chi connectivity index (χ3v) is 3.76. The van der Waals surface area contributed by atoms with Crippen molar-refractivity contribution >= 4 is 17.5 Å². The van der Waals surface area contributed by atoms with Crippen LogP contribution in [-0.2, 0) is 0 Å². The summed E-state index contributed by atoms with van der Waals surface area (Å²) in [6.45, 7) is 0. The zero-order chi connectivity index (χ0) is 19.4. The van der Waals surface area contributed by atoms with Gasteiger partial charge >= 0.3 is 5.69 Å². The summed E-state index contributed by atoms with van der Waals surface area (Å²) >= 11 is 0. The fraction of sp³-hybridized carbons (Fsp3) is 0.0556. The summed E-state index contributed by atoms with van der Waals surface area (Å²) in [5.41, 5.74) is 1.05. The van der Waals surface area contributed by atoms with E-state index in [2.05, 4.69) is 10.1 Å². The van der Waals surface area contributed by atoms with Gasteiger partial charge in [0.1, 0.15) is 12.7 Å². The Morgan fingerprint density at radius 1 is 1.30 bits per heavy atom. The van der Waals surface area contributed by atoms with Gasteiger partial charge in [-0.05, 0) is 42.0 Å². The van der Waals surface area contributed by atoms with E-state index in [4.69, 9.17) is 4.74 Å². The highest BCUT2D eigenvalue weighted by Gasteiger charge is 2.19. The van der Waals surface area contributed by atoms with Crippen molar-refractivity contribution in [2.75, 3.05) is 7.11 Å². The number of nitro groups is 1. The van der Waals surface area contributed by atoms with E-state index < -0.39 is 16.4 Å². The van der Waals surface area contributed by atoms with E-state index in [1.807, 2.05) is 0 Å². The minimum absolute atomic E-state index is 0.0477. The predicted molar refractivity (Wildman–Crippen MR) is 96.0 cm³/mol.